The first-order valence-electron chi connectivity index (χ1n) is 8.58. The summed E-state index contributed by atoms with van der Waals surface area (Å²) in [5.41, 5.74) is 2.57. The van der Waals surface area contributed by atoms with E-state index in [0.29, 0.717) is 17.3 Å². The molecular formula is C20H23ClN2O2. The second-order valence-electron chi connectivity index (χ2n) is 6.56. The molecule has 0 aromatic heterocycles. The maximum atomic E-state index is 13.0. The van der Waals surface area contributed by atoms with E-state index >= 15 is 0 Å². The van der Waals surface area contributed by atoms with Crippen LogP contribution in [0.4, 0.5) is 5.69 Å². The number of hydrogen-bond donors (Lipinski definition) is 2. The molecule has 2 N–H and O–H groups in total. The van der Waals surface area contributed by atoms with Crippen molar-refractivity contribution in [1.82, 2.24) is 4.90 Å². The summed E-state index contributed by atoms with van der Waals surface area (Å²) in [4.78, 5) is 15.1. The average molecular weight is 359 g/mol. The van der Waals surface area contributed by atoms with Crippen LogP contribution in [0.1, 0.15) is 30.0 Å². The predicted molar refractivity (Wildman–Crippen MR) is 101 cm³/mol. The molecule has 25 heavy (non-hydrogen) atoms. The number of β-amino-alcohol motifs (C(OH)–C–C–N with tert-alkyl or cyclic N) is 1. The van der Waals surface area contributed by atoms with Gasteiger partial charge in [-0.3, -0.25) is 9.69 Å². The van der Waals surface area contributed by atoms with Gasteiger partial charge < -0.3 is 10.4 Å². The van der Waals surface area contributed by atoms with Crippen molar-refractivity contribution in [1.29, 1.82) is 0 Å². The van der Waals surface area contributed by atoms with Gasteiger partial charge in [-0.05, 0) is 49.6 Å². The highest BCUT2D eigenvalue weighted by molar-refractivity contribution is 6.31. The van der Waals surface area contributed by atoms with E-state index in [9.17, 15) is 9.90 Å². The number of aliphatic hydroxyl groups excluding tert-OH is 1. The summed E-state index contributed by atoms with van der Waals surface area (Å²) in [6.45, 7) is 3.22. The Bertz CT molecular complexity index is 736. The van der Waals surface area contributed by atoms with Gasteiger partial charge in [0.25, 0.3) is 0 Å². The molecule has 1 aliphatic heterocycles. The number of nitrogens with one attached hydrogen (secondary N) is 1. The minimum Gasteiger partial charge on any atom is -0.392 e. The lowest BCUT2D eigenvalue weighted by atomic mass is 9.99. The van der Waals surface area contributed by atoms with Gasteiger partial charge in [-0.25, -0.2) is 0 Å². The third-order valence-corrected chi connectivity index (χ3v) is 5.00. The van der Waals surface area contributed by atoms with E-state index in [1.807, 2.05) is 49.4 Å². The van der Waals surface area contributed by atoms with Crippen molar-refractivity contribution in [3.05, 3.63) is 64.7 Å². The van der Waals surface area contributed by atoms with Gasteiger partial charge in [-0.15, -0.1) is 0 Å². The van der Waals surface area contributed by atoms with Crippen LogP contribution in [0, 0.1) is 6.92 Å². The summed E-state index contributed by atoms with van der Waals surface area (Å²) >= 11 is 6.17. The summed E-state index contributed by atoms with van der Waals surface area (Å²) in [6.07, 6.45) is 1.28. The number of halogens is 1. The topological polar surface area (TPSA) is 52.6 Å². The van der Waals surface area contributed by atoms with Crippen molar-refractivity contribution in [2.24, 2.45) is 0 Å². The van der Waals surface area contributed by atoms with E-state index < -0.39 is 6.04 Å². The standard InChI is InChI=1S/C20H23ClN2O2/c1-14-9-10-16(12-18(14)21)22-20(25)19(15-6-3-2-4-7-15)23-11-5-8-17(24)13-23/h2-4,6-7,9-10,12,17,19,24H,5,8,11,13H2,1H3,(H,22,25). The number of carbonyl (C=O) groups excluding carboxylic acids is 1. The minimum absolute atomic E-state index is 0.111. The zero-order valence-corrected chi connectivity index (χ0v) is 15.0. The summed E-state index contributed by atoms with van der Waals surface area (Å²) in [7, 11) is 0. The van der Waals surface area contributed by atoms with Crippen molar-refractivity contribution in [3.63, 3.8) is 0 Å². The molecule has 1 amide bonds. The Morgan fingerprint density at radius 2 is 2.04 bits per heavy atom. The van der Waals surface area contributed by atoms with Crippen LogP contribution in [0.3, 0.4) is 0 Å². The Morgan fingerprint density at radius 3 is 2.72 bits per heavy atom. The third-order valence-electron chi connectivity index (χ3n) is 4.60. The molecule has 0 aliphatic carbocycles. The number of amides is 1. The van der Waals surface area contributed by atoms with E-state index in [-0.39, 0.29) is 12.0 Å². The highest BCUT2D eigenvalue weighted by atomic mass is 35.5. The smallest absolute Gasteiger partial charge is 0.246 e. The molecular weight excluding hydrogens is 336 g/mol. The number of hydrogen-bond acceptors (Lipinski definition) is 3. The zero-order valence-electron chi connectivity index (χ0n) is 14.3. The van der Waals surface area contributed by atoms with Gasteiger partial charge in [0.05, 0.1) is 6.10 Å². The quantitative estimate of drug-likeness (QED) is 0.874. The number of benzene rings is 2. The van der Waals surface area contributed by atoms with E-state index in [1.54, 1.807) is 6.07 Å². The normalized spacial score (nSPS) is 19.4. The predicted octanol–water partition coefficient (Wildman–Crippen LogP) is 3.78. The summed E-state index contributed by atoms with van der Waals surface area (Å²) in [5, 5.41) is 13.6. The summed E-state index contributed by atoms with van der Waals surface area (Å²) < 4.78 is 0. The number of anilines is 1. The molecule has 4 nitrogen and oxygen atoms in total. The molecule has 1 fully saturated rings. The van der Waals surface area contributed by atoms with Crippen LogP contribution < -0.4 is 5.32 Å². The van der Waals surface area contributed by atoms with Gasteiger partial charge in [0, 0.05) is 17.3 Å². The van der Waals surface area contributed by atoms with Gasteiger partial charge in [-0.2, -0.15) is 0 Å². The lowest BCUT2D eigenvalue weighted by molar-refractivity contribution is -0.122. The average Bonchev–Trinajstić information content (AvgIpc) is 2.59. The number of aliphatic hydroxyl groups is 1. The molecule has 0 spiro atoms. The van der Waals surface area contributed by atoms with E-state index in [2.05, 4.69) is 10.2 Å². The van der Waals surface area contributed by atoms with Crippen LogP contribution in [0.15, 0.2) is 48.5 Å². The fourth-order valence-electron chi connectivity index (χ4n) is 3.26. The number of rotatable bonds is 4. The van der Waals surface area contributed by atoms with Crippen molar-refractivity contribution < 1.29 is 9.90 Å². The lowest BCUT2D eigenvalue weighted by Gasteiger charge is -2.36. The first kappa shape index (κ1) is 17.9. The summed E-state index contributed by atoms with van der Waals surface area (Å²) in [6, 6.07) is 14.8. The van der Waals surface area contributed by atoms with Gasteiger partial charge in [0.15, 0.2) is 0 Å². The van der Waals surface area contributed by atoms with Gasteiger partial charge in [0.2, 0.25) is 5.91 Å². The fourth-order valence-corrected chi connectivity index (χ4v) is 3.44. The van der Waals surface area contributed by atoms with Crippen molar-refractivity contribution in [3.8, 4) is 0 Å². The molecule has 1 aliphatic rings. The lowest BCUT2D eigenvalue weighted by Crippen LogP contribution is -2.44. The Hall–Kier alpha value is -1.88. The summed E-state index contributed by atoms with van der Waals surface area (Å²) in [5.74, 6) is -0.111. The van der Waals surface area contributed by atoms with Crippen LogP contribution in [-0.4, -0.2) is 35.1 Å². The van der Waals surface area contributed by atoms with E-state index in [4.69, 9.17) is 11.6 Å². The van der Waals surface area contributed by atoms with Crippen LogP contribution in [0.5, 0.6) is 0 Å². The number of carbonyl (C=O) groups is 1. The Balaban J connectivity index is 1.85. The Morgan fingerprint density at radius 1 is 1.28 bits per heavy atom. The number of likely N-dealkylation sites (tertiary alicyclic amines) is 1. The molecule has 5 heteroatoms. The highest BCUT2D eigenvalue weighted by Crippen LogP contribution is 2.27. The van der Waals surface area contributed by atoms with Crippen molar-refractivity contribution in [2.75, 3.05) is 18.4 Å². The molecule has 132 valence electrons. The molecule has 2 aromatic carbocycles. The largest absolute Gasteiger partial charge is 0.392 e. The number of nitrogens with zero attached hydrogens (tertiary/aromatic N) is 1. The molecule has 1 saturated heterocycles. The first-order valence-corrected chi connectivity index (χ1v) is 8.96. The van der Waals surface area contributed by atoms with Crippen LogP contribution >= 0.6 is 11.6 Å². The molecule has 1 heterocycles. The minimum atomic E-state index is -0.434. The van der Waals surface area contributed by atoms with Crippen molar-refractivity contribution >= 4 is 23.2 Å². The Labute approximate surface area is 153 Å². The molecule has 2 unspecified atom stereocenters. The second-order valence-corrected chi connectivity index (χ2v) is 6.96. The molecule has 2 atom stereocenters. The fraction of sp³-hybridized carbons (Fsp3) is 0.350. The molecule has 0 bridgehead atoms. The van der Waals surface area contributed by atoms with Crippen molar-refractivity contribution in [2.45, 2.75) is 31.9 Å². The molecule has 3 rings (SSSR count). The first-order chi connectivity index (χ1) is 12.0. The van der Waals surface area contributed by atoms with E-state index in [0.717, 1.165) is 30.5 Å². The van der Waals surface area contributed by atoms with Gasteiger partial charge in [0.1, 0.15) is 6.04 Å². The van der Waals surface area contributed by atoms with Crippen LogP contribution in [-0.2, 0) is 4.79 Å². The zero-order chi connectivity index (χ0) is 17.8. The molecule has 0 saturated carbocycles. The number of piperidine rings is 1. The van der Waals surface area contributed by atoms with Gasteiger partial charge >= 0.3 is 0 Å². The van der Waals surface area contributed by atoms with Crippen LogP contribution in [0.2, 0.25) is 5.02 Å². The monoisotopic (exact) mass is 358 g/mol. The molecule has 2 aromatic rings. The third kappa shape index (κ3) is 4.40. The highest BCUT2D eigenvalue weighted by Gasteiger charge is 2.31. The van der Waals surface area contributed by atoms with Gasteiger partial charge in [-0.1, -0.05) is 48.0 Å². The Kier molecular flexibility index (Phi) is 5.74. The second kappa shape index (κ2) is 8.00. The van der Waals surface area contributed by atoms with E-state index in [1.165, 1.54) is 0 Å². The SMILES string of the molecule is Cc1ccc(NC(=O)C(c2ccccc2)N2CCCC(O)C2)cc1Cl. The maximum absolute atomic E-state index is 13.0. The number of aryl methyl sites for hydroxylation is 1. The molecule has 0 radical (unpaired) electrons. The van der Waals surface area contributed by atoms with Crippen LogP contribution in [0.25, 0.3) is 0 Å². The maximum Gasteiger partial charge on any atom is 0.246 e.